The van der Waals surface area contributed by atoms with Crippen molar-refractivity contribution in [3.63, 3.8) is 0 Å². The topological polar surface area (TPSA) is 35.6 Å². The van der Waals surface area contributed by atoms with Crippen LogP contribution in [0.1, 0.15) is 41.9 Å². The summed E-state index contributed by atoms with van der Waals surface area (Å²) in [7, 11) is 0. The number of halogens is 1. The maximum atomic E-state index is 13.3. The lowest BCUT2D eigenvalue weighted by Gasteiger charge is -2.32. The molecular weight excluding hydrogens is 397 g/mol. The number of thiophene rings is 1. The van der Waals surface area contributed by atoms with Crippen LogP contribution in [-0.2, 0) is 17.9 Å². The van der Waals surface area contributed by atoms with Gasteiger partial charge >= 0.3 is 0 Å². The quantitative estimate of drug-likeness (QED) is 0.724. The summed E-state index contributed by atoms with van der Waals surface area (Å²) in [5, 5.41) is 2.90. The zero-order chi connectivity index (χ0) is 20.6. The van der Waals surface area contributed by atoms with E-state index in [0.717, 1.165) is 45.4 Å². The van der Waals surface area contributed by atoms with Crippen LogP contribution in [0.5, 0.6) is 0 Å². The van der Waals surface area contributed by atoms with Crippen molar-refractivity contribution in [1.29, 1.82) is 0 Å². The smallest absolute Gasteiger partial charge is 0.228 e. The van der Waals surface area contributed by atoms with E-state index in [1.165, 1.54) is 47.8 Å². The van der Waals surface area contributed by atoms with E-state index in [0.29, 0.717) is 5.69 Å². The van der Waals surface area contributed by atoms with Crippen LogP contribution in [0, 0.1) is 17.2 Å². The molecule has 1 saturated carbocycles. The highest BCUT2D eigenvalue weighted by Gasteiger charge is 2.58. The van der Waals surface area contributed by atoms with Crippen molar-refractivity contribution in [2.45, 2.75) is 45.2 Å². The molecule has 1 aromatic carbocycles. The Balaban J connectivity index is 1.09. The molecule has 30 heavy (non-hydrogen) atoms. The first-order valence-electron chi connectivity index (χ1n) is 11.2. The van der Waals surface area contributed by atoms with Gasteiger partial charge in [0.05, 0.1) is 0 Å². The number of carbonyl (C=O) groups excluding carboxylic acids is 1. The molecule has 1 unspecified atom stereocenters. The minimum Gasteiger partial charge on any atom is -0.326 e. The van der Waals surface area contributed by atoms with Gasteiger partial charge in [0.2, 0.25) is 5.91 Å². The van der Waals surface area contributed by atoms with Crippen molar-refractivity contribution in [2.75, 3.05) is 31.5 Å². The summed E-state index contributed by atoms with van der Waals surface area (Å²) in [4.78, 5) is 20.7. The zero-order valence-corrected chi connectivity index (χ0v) is 18.2. The first-order valence-corrected chi connectivity index (χ1v) is 12.0. The molecule has 2 aromatic rings. The van der Waals surface area contributed by atoms with Crippen LogP contribution < -0.4 is 5.32 Å². The van der Waals surface area contributed by atoms with Crippen molar-refractivity contribution >= 4 is 22.9 Å². The maximum Gasteiger partial charge on any atom is 0.228 e. The molecule has 1 atom stereocenters. The summed E-state index contributed by atoms with van der Waals surface area (Å²) in [5.41, 5.74) is 0.728. The molecular formula is C24H30FN3OS. The Hall–Kier alpha value is -1.76. The summed E-state index contributed by atoms with van der Waals surface area (Å²) in [5.74, 6) is -0.181. The number of hydrogen-bond donors (Lipinski definition) is 1. The fraction of sp³-hybridized carbons (Fsp3) is 0.542. The maximum absolute atomic E-state index is 13.3. The minimum absolute atomic E-state index is 0.0545. The van der Waals surface area contributed by atoms with Gasteiger partial charge < -0.3 is 5.32 Å². The van der Waals surface area contributed by atoms with Crippen LogP contribution in [0.3, 0.4) is 0 Å². The number of rotatable bonds is 6. The van der Waals surface area contributed by atoms with Gasteiger partial charge in [0.15, 0.2) is 0 Å². The molecule has 2 saturated heterocycles. The second-order valence-corrected chi connectivity index (χ2v) is 10.5. The third-order valence-electron chi connectivity index (χ3n) is 7.13. The minimum atomic E-state index is -0.316. The van der Waals surface area contributed by atoms with E-state index in [1.54, 1.807) is 12.1 Å². The molecule has 5 rings (SSSR count). The van der Waals surface area contributed by atoms with Crippen molar-refractivity contribution in [2.24, 2.45) is 11.3 Å². The average Bonchev–Trinajstić information content (AvgIpc) is 3.06. The summed E-state index contributed by atoms with van der Waals surface area (Å²) < 4.78 is 13.3. The molecule has 3 fully saturated rings. The van der Waals surface area contributed by atoms with E-state index < -0.39 is 0 Å². The third kappa shape index (κ3) is 4.46. The van der Waals surface area contributed by atoms with Crippen LogP contribution in [0.15, 0.2) is 36.4 Å². The van der Waals surface area contributed by atoms with Gasteiger partial charge in [0.25, 0.3) is 0 Å². The summed E-state index contributed by atoms with van der Waals surface area (Å²) in [6, 6.07) is 10.8. The molecule has 3 heterocycles. The third-order valence-corrected chi connectivity index (χ3v) is 8.18. The number of anilines is 1. The number of amides is 1. The number of piperidine rings is 1. The molecule has 1 aliphatic carbocycles. The second kappa shape index (κ2) is 8.40. The van der Waals surface area contributed by atoms with E-state index >= 15 is 0 Å². The van der Waals surface area contributed by atoms with Gasteiger partial charge in [-0.15, -0.1) is 11.3 Å². The molecule has 1 amide bonds. The summed E-state index contributed by atoms with van der Waals surface area (Å²) in [6.07, 6.45) is 5.82. The highest BCUT2D eigenvalue weighted by molar-refractivity contribution is 7.11. The highest BCUT2D eigenvalue weighted by Crippen LogP contribution is 2.59. The predicted octanol–water partition coefficient (Wildman–Crippen LogP) is 4.72. The van der Waals surface area contributed by atoms with Crippen molar-refractivity contribution in [3.8, 4) is 0 Å². The Morgan fingerprint density at radius 1 is 1.03 bits per heavy atom. The van der Waals surface area contributed by atoms with Gasteiger partial charge in [0.1, 0.15) is 5.82 Å². The summed E-state index contributed by atoms with van der Waals surface area (Å²) in [6.45, 7) is 6.74. The number of carbonyl (C=O) groups is 1. The number of hydrogen-bond acceptors (Lipinski definition) is 4. The van der Waals surface area contributed by atoms with E-state index in [1.807, 2.05) is 11.3 Å². The summed E-state index contributed by atoms with van der Waals surface area (Å²) >= 11 is 1.96. The lowest BCUT2D eigenvalue weighted by Crippen LogP contribution is -2.35. The SMILES string of the molecule is O=C(Nc1cccc(F)c1)C1CC12CCN(Cc1ccc(CN3CCCC3)s1)CC2. The molecule has 3 aliphatic rings. The highest BCUT2D eigenvalue weighted by atomic mass is 32.1. The average molecular weight is 428 g/mol. The van der Waals surface area contributed by atoms with Crippen molar-refractivity contribution in [3.05, 3.63) is 52.0 Å². The molecule has 0 radical (unpaired) electrons. The first-order chi connectivity index (χ1) is 14.6. The molecule has 0 bridgehead atoms. The Bertz CT molecular complexity index is 899. The Morgan fingerprint density at radius 3 is 2.37 bits per heavy atom. The lowest BCUT2D eigenvalue weighted by molar-refractivity contribution is -0.118. The van der Waals surface area contributed by atoms with Gasteiger partial charge in [-0.05, 0) is 94.0 Å². The van der Waals surface area contributed by atoms with Gasteiger partial charge in [-0.2, -0.15) is 0 Å². The van der Waals surface area contributed by atoms with Gasteiger partial charge in [-0.3, -0.25) is 14.6 Å². The predicted molar refractivity (Wildman–Crippen MR) is 119 cm³/mol. The number of likely N-dealkylation sites (tertiary alicyclic amines) is 2. The van der Waals surface area contributed by atoms with Crippen LogP contribution in [-0.4, -0.2) is 41.9 Å². The first kappa shape index (κ1) is 20.2. The van der Waals surface area contributed by atoms with E-state index in [4.69, 9.17) is 0 Å². The molecule has 1 aromatic heterocycles. The molecule has 1 N–H and O–H groups in total. The Morgan fingerprint density at radius 2 is 1.70 bits per heavy atom. The van der Waals surface area contributed by atoms with Gasteiger partial charge in [-0.25, -0.2) is 4.39 Å². The second-order valence-electron chi connectivity index (χ2n) is 9.25. The standard InChI is InChI=1S/C24H30FN3OS/c25-18-4-3-5-19(14-18)26-23(29)22-15-24(22)8-12-28(13-9-24)17-21-7-6-20(30-21)16-27-10-1-2-11-27/h3-7,14,22H,1-2,8-13,15-17H2,(H,26,29). The molecule has 1 spiro atoms. The largest absolute Gasteiger partial charge is 0.326 e. The lowest BCUT2D eigenvalue weighted by atomic mass is 9.90. The number of nitrogens with one attached hydrogen (secondary N) is 1. The van der Waals surface area contributed by atoms with Crippen LogP contribution in [0.2, 0.25) is 0 Å². The van der Waals surface area contributed by atoms with E-state index in [2.05, 4.69) is 27.2 Å². The van der Waals surface area contributed by atoms with E-state index in [-0.39, 0.29) is 23.1 Å². The van der Waals surface area contributed by atoms with Gasteiger partial charge in [-0.1, -0.05) is 6.07 Å². The molecule has 6 heteroatoms. The molecule has 4 nitrogen and oxygen atoms in total. The van der Waals surface area contributed by atoms with Gasteiger partial charge in [0, 0.05) is 34.4 Å². The molecule has 2 aliphatic heterocycles. The fourth-order valence-electron chi connectivity index (χ4n) is 5.20. The van der Waals surface area contributed by atoms with Crippen molar-refractivity contribution < 1.29 is 9.18 Å². The Kier molecular flexibility index (Phi) is 5.65. The van der Waals surface area contributed by atoms with Crippen molar-refractivity contribution in [1.82, 2.24) is 9.80 Å². The number of nitrogens with zero attached hydrogens (tertiary/aromatic N) is 2. The normalized spacial score (nSPS) is 23.7. The van der Waals surface area contributed by atoms with Crippen LogP contribution in [0.25, 0.3) is 0 Å². The zero-order valence-electron chi connectivity index (χ0n) is 17.4. The fourth-order valence-corrected chi connectivity index (χ4v) is 6.30. The van der Waals surface area contributed by atoms with Crippen LogP contribution >= 0.6 is 11.3 Å². The molecule has 160 valence electrons. The van der Waals surface area contributed by atoms with Crippen LogP contribution in [0.4, 0.5) is 10.1 Å². The van der Waals surface area contributed by atoms with E-state index in [9.17, 15) is 9.18 Å². The Labute approximate surface area is 182 Å². The monoisotopic (exact) mass is 427 g/mol. The number of benzene rings is 1.